The molecule has 8 heteroatoms. The first-order valence-electron chi connectivity index (χ1n) is 8.50. The first kappa shape index (κ1) is 22.7. The fourth-order valence-electron chi connectivity index (χ4n) is 2.40. The number of halogens is 1. The number of nitrogens with zero attached hydrogens (tertiary/aromatic N) is 2. The summed E-state index contributed by atoms with van der Waals surface area (Å²) in [6.07, 6.45) is 3.45. The van der Waals surface area contributed by atoms with Gasteiger partial charge >= 0.3 is 0 Å². The van der Waals surface area contributed by atoms with Gasteiger partial charge in [-0.3, -0.25) is 14.3 Å². The quantitative estimate of drug-likeness (QED) is 0.728. The van der Waals surface area contributed by atoms with E-state index in [9.17, 15) is 9.59 Å². The summed E-state index contributed by atoms with van der Waals surface area (Å²) in [6.45, 7) is 7.48. The zero-order valence-corrected chi connectivity index (χ0v) is 17.4. The van der Waals surface area contributed by atoms with Gasteiger partial charge in [-0.25, -0.2) is 0 Å². The highest BCUT2D eigenvalue weighted by molar-refractivity contribution is 5.98. The molecule has 148 valence electrons. The molecular formula is C19H28ClN5O2. The van der Waals surface area contributed by atoms with Crippen molar-refractivity contribution in [3.63, 3.8) is 0 Å². The molecule has 0 fully saturated rings. The molecule has 0 aliphatic rings. The van der Waals surface area contributed by atoms with Crippen molar-refractivity contribution < 1.29 is 9.59 Å². The van der Waals surface area contributed by atoms with Gasteiger partial charge in [0.2, 0.25) is 11.8 Å². The van der Waals surface area contributed by atoms with Crippen LogP contribution >= 0.6 is 12.4 Å². The standard InChI is InChI=1S/C19H27N5O2.ClH/c1-12-7-8-14(9-15(12)23-18(26)19(2,3)4)22-17(25)16(20-5)13-10-21-24(6)11-13;/h7-11,16,20H,1-6H3,(H,22,25)(H,23,26);1H. The van der Waals surface area contributed by atoms with E-state index in [4.69, 9.17) is 0 Å². The van der Waals surface area contributed by atoms with Gasteiger partial charge in [0, 0.05) is 35.6 Å². The van der Waals surface area contributed by atoms with Gasteiger partial charge in [-0.15, -0.1) is 12.4 Å². The Bertz CT molecular complexity index is 811. The Morgan fingerprint density at radius 1 is 1.19 bits per heavy atom. The van der Waals surface area contributed by atoms with Crippen LogP contribution in [0.25, 0.3) is 0 Å². The van der Waals surface area contributed by atoms with Crippen LogP contribution in [0.15, 0.2) is 30.6 Å². The molecule has 1 atom stereocenters. The lowest BCUT2D eigenvalue weighted by Crippen LogP contribution is -2.30. The Morgan fingerprint density at radius 3 is 2.37 bits per heavy atom. The van der Waals surface area contributed by atoms with E-state index in [0.29, 0.717) is 11.4 Å². The summed E-state index contributed by atoms with van der Waals surface area (Å²) < 4.78 is 1.65. The van der Waals surface area contributed by atoms with Crippen LogP contribution in [0.2, 0.25) is 0 Å². The van der Waals surface area contributed by atoms with Crippen LogP contribution in [-0.4, -0.2) is 28.6 Å². The maximum absolute atomic E-state index is 12.6. The molecule has 1 heterocycles. The summed E-state index contributed by atoms with van der Waals surface area (Å²) in [5.74, 6) is -0.273. The lowest BCUT2D eigenvalue weighted by molar-refractivity contribution is -0.123. The van der Waals surface area contributed by atoms with Crippen LogP contribution in [0.5, 0.6) is 0 Å². The smallest absolute Gasteiger partial charge is 0.246 e. The average molecular weight is 394 g/mol. The predicted octanol–water partition coefficient (Wildman–Crippen LogP) is 3.03. The second-order valence-electron chi connectivity index (χ2n) is 7.39. The minimum absolute atomic E-state index is 0. The van der Waals surface area contributed by atoms with E-state index in [1.165, 1.54) is 0 Å². The van der Waals surface area contributed by atoms with Gasteiger partial charge in [-0.05, 0) is 31.7 Å². The predicted molar refractivity (Wildman–Crippen MR) is 110 cm³/mol. The molecule has 1 aromatic heterocycles. The van der Waals surface area contributed by atoms with Crippen LogP contribution in [0.1, 0.15) is 37.9 Å². The van der Waals surface area contributed by atoms with Gasteiger partial charge in [-0.1, -0.05) is 26.8 Å². The summed E-state index contributed by atoms with van der Waals surface area (Å²) >= 11 is 0. The topological polar surface area (TPSA) is 88.1 Å². The van der Waals surface area contributed by atoms with Crippen molar-refractivity contribution in [1.82, 2.24) is 15.1 Å². The van der Waals surface area contributed by atoms with Gasteiger partial charge < -0.3 is 16.0 Å². The van der Waals surface area contributed by atoms with Crippen molar-refractivity contribution in [2.75, 3.05) is 17.7 Å². The minimum atomic E-state index is -0.516. The van der Waals surface area contributed by atoms with E-state index in [-0.39, 0.29) is 24.2 Å². The monoisotopic (exact) mass is 393 g/mol. The zero-order chi connectivity index (χ0) is 19.5. The molecule has 3 N–H and O–H groups in total. The van der Waals surface area contributed by atoms with Gasteiger partial charge in [0.1, 0.15) is 6.04 Å². The molecule has 0 aliphatic heterocycles. The molecule has 2 rings (SSSR count). The molecular weight excluding hydrogens is 366 g/mol. The van der Waals surface area contributed by atoms with Crippen molar-refractivity contribution in [2.45, 2.75) is 33.7 Å². The van der Waals surface area contributed by atoms with Crippen LogP contribution in [0.3, 0.4) is 0 Å². The number of aryl methyl sites for hydroxylation is 2. The Morgan fingerprint density at radius 2 is 1.85 bits per heavy atom. The SMILES string of the molecule is CNC(C(=O)Nc1ccc(C)c(NC(=O)C(C)(C)C)c1)c1cnn(C)c1.Cl. The molecule has 0 saturated carbocycles. The highest BCUT2D eigenvalue weighted by atomic mass is 35.5. The Balaban J connectivity index is 0.00000364. The second kappa shape index (κ2) is 9.01. The second-order valence-corrected chi connectivity index (χ2v) is 7.39. The molecule has 0 saturated heterocycles. The maximum Gasteiger partial charge on any atom is 0.246 e. The van der Waals surface area contributed by atoms with Crippen molar-refractivity contribution in [1.29, 1.82) is 0 Å². The van der Waals surface area contributed by atoms with Crippen LogP contribution in [0, 0.1) is 12.3 Å². The Hall–Kier alpha value is -2.38. The molecule has 2 amide bonds. The lowest BCUT2D eigenvalue weighted by Gasteiger charge is -2.20. The third-order valence-corrected chi connectivity index (χ3v) is 4.04. The Kier molecular flexibility index (Phi) is 7.56. The van der Waals surface area contributed by atoms with Crippen molar-refractivity contribution >= 4 is 35.6 Å². The number of carbonyl (C=O) groups excluding carboxylic acids is 2. The molecule has 1 unspecified atom stereocenters. The molecule has 0 spiro atoms. The fourth-order valence-corrected chi connectivity index (χ4v) is 2.40. The normalized spacial score (nSPS) is 12.1. The van der Waals surface area contributed by atoms with Gasteiger partial charge in [0.25, 0.3) is 0 Å². The van der Waals surface area contributed by atoms with Gasteiger partial charge in [-0.2, -0.15) is 5.10 Å². The number of anilines is 2. The molecule has 0 aliphatic carbocycles. The summed E-state index contributed by atoms with van der Waals surface area (Å²) in [4.78, 5) is 24.9. The summed E-state index contributed by atoms with van der Waals surface area (Å²) in [6, 6.07) is 4.94. The van der Waals surface area contributed by atoms with E-state index in [1.807, 2.05) is 39.8 Å². The third kappa shape index (κ3) is 5.80. The van der Waals surface area contributed by atoms with Gasteiger partial charge in [0.05, 0.1) is 6.20 Å². The average Bonchev–Trinajstić information content (AvgIpc) is 2.96. The number of carbonyl (C=O) groups is 2. The molecule has 2 aromatic rings. The summed E-state index contributed by atoms with van der Waals surface area (Å²) in [7, 11) is 3.53. The minimum Gasteiger partial charge on any atom is -0.325 e. The number of amides is 2. The van der Waals surface area contributed by atoms with Crippen molar-refractivity contribution in [3.05, 3.63) is 41.7 Å². The maximum atomic E-state index is 12.6. The van der Waals surface area contributed by atoms with E-state index in [1.54, 1.807) is 37.2 Å². The van der Waals surface area contributed by atoms with Crippen LogP contribution < -0.4 is 16.0 Å². The first-order chi connectivity index (χ1) is 12.1. The van der Waals surface area contributed by atoms with E-state index in [2.05, 4.69) is 21.0 Å². The number of hydrogen-bond donors (Lipinski definition) is 3. The van der Waals surface area contributed by atoms with Crippen LogP contribution in [-0.2, 0) is 16.6 Å². The highest BCUT2D eigenvalue weighted by Crippen LogP contribution is 2.24. The number of hydrogen-bond acceptors (Lipinski definition) is 4. The molecule has 0 radical (unpaired) electrons. The van der Waals surface area contributed by atoms with E-state index < -0.39 is 11.5 Å². The molecule has 7 nitrogen and oxygen atoms in total. The van der Waals surface area contributed by atoms with E-state index >= 15 is 0 Å². The fraction of sp³-hybridized carbons (Fsp3) is 0.421. The van der Waals surface area contributed by atoms with Crippen molar-refractivity contribution in [3.8, 4) is 0 Å². The zero-order valence-electron chi connectivity index (χ0n) is 16.6. The summed E-state index contributed by atoms with van der Waals surface area (Å²) in [5, 5.41) is 12.9. The largest absolute Gasteiger partial charge is 0.325 e. The number of nitrogens with one attached hydrogen (secondary N) is 3. The number of likely N-dealkylation sites (N-methyl/N-ethyl adjacent to an activating group) is 1. The number of aromatic nitrogens is 2. The Labute approximate surface area is 166 Å². The first-order valence-corrected chi connectivity index (χ1v) is 8.50. The van der Waals surface area contributed by atoms with E-state index in [0.717, 1.165) is 11.1 Å². The van der Waals surface area contributed by atoms with Gasteiger partial charge in [0.15, 0.2) is 0 Å². The third-order valence-electron chi connectivity index (χ3n) is 4.04. The lowest BCUT2D eigenvalue weighted by atomic mass is 9.95. The summed E-state index contributed by atoms with van der Waals surface area (Å²) in [5.41, 5.74) is 2.52. The number of benzene rings is 1. The molecule has 1 aromatic carbocycles. The highest BCUT2D eigenvalue weighted by Gasteiger charge is 2.23. The van der Waals surface area contributed by atoms with Crippen molar-refractivity contribution in [2.24, 2.45) is 12.5 Å². The van der Waals surface area contributed by atoms with Crippen LogP contribution in [0.4, 0.5) is 11.4 Å². The molecule has 0 bridgehead atoms. The number of rotatable bonds is 5. The molecule has 27 heavy (non-hydrogen) atoms.